The molecule has 0 unspecified atom stereocenters. The lowest BCUT2D eigenvalue weighted by molar-refractivity contribution is 0.0730. The SMILES string of the molecule is O=C(Nc1nc(-c2ccc(S(=O)(=O)N3CCOCC3)cc2)cs1)c1sc2ccccc2c1Cl. The van der Waals surface area contributed by atoms with Crippen LogP contribution in [0.15, 0.2) is 58.8 Å². The van der Waals surface area contributed by atoms with E-state index in [0.717, 1.165) is 15.6 Å². The van der Waals surface area contributed by atoms with E-state index in [4.69, 9.17) is 16.3 Å². The third-order valence-corrected chi connectivity index (χ3v) is 9.57. The van der Waals surface area contributed by atoms with Crippen molar-refractivity contribution in [2.45, 2.75) is 4.90 Å². The molecule has 0 spiro atoms. The summed E-state index contributed by atoms with van der Waals surface area (Å²) in [7, 11) is -3.55. The van der Waals surface area contributed by atoms with Crippen molar-refractivity contribution in [3.05, 3.63) is 63.8 Å². The largest absolute Gasteiger partial charge is 0.379 e. The van der Waals surface area contributed by atoms with Gasteiger partial charge in [0.25, 0.3) is 5.91 Å². The normalized spacial score (nSPS) is 15.1. The van der Waals surface area contributed by atoms with Gasteiger partial charge in [-0.25, -0.2) is 13.4 Å². The van der Waals surface area contributed by atoms with Crippen LogP contribution in [0, 0.1) is 0 Å². The van der Waals surface area contributed by atoms with Gasteiger partial charge in [-0.3, -0.25) is 10.1 Å². The van der Waals surface area contributed by atoms with Gasteiger partial charge in [0, 0.05) is 34.1 Å². The van der Waals surface area contributed by atoms with E-state index in [2.05, 4.69) is 10.3 Å². The van der Waals surface area contributed by atoms with Crippen molar-refractivity contribution in [2.24, 2.45) is 0 Å². The zero-order valence-electron chi connectivity index (χ0n) is 17.2. The van der Waals surface area contributed by atoms with E-state index in [1.165, 1.54) is 27.0 Å². The second-order valence-corrected chi connectivity index (χ2v) is 11.5. The predicted molar refractivity (Wildman–Crippen MR) is 132 cm³/mol. The minimum atomic E-state index is -3.55. The molecule has 1 fully saturated rings. The third-order valence-electron chi connectivity index (χ3n) is 5.22. The van der Waals surface area contributed by atoms with Crippen LogP contribution in [-0.4, -0.2) is 49.9 Å². The van der Waals surface area contributed by atoms with Crippen LogP contribution in [0.3, 0.4) is 0 Å². The first-order valence-electron chi connectivity index (χ1n) is 10.1. The number of nitrogens with zero attached hydrogens (tertiary/aromatic N) is 2. The predicted octanol–water partition coefficient (Wildman–Crippen LogP) is 4.95. The van der Waals surface area contributed by atoms with Gasteiger partial charge in [0.1, 0.15) is 4.88 Å². The lowest BCUT2D eigenvalue weighted by atomic mass is 10.2. The molecule has 4 aromatic rings. The van der Waals surface area contributed by atoms with Crippen LogP contribution in [-0.2, 0) is 14.8 Å². The van der Waals surface area contributed by atoms with Gasteiger partial charge in [0.15, 0.2) is 5.13 Å². The molecule has 11 heteroatoms. The van der Waals surface area contributed by atoms with Crippen LogP contribution in [0.25, 0.3) is 21.3 Å². The van der Waals surface area contributed by atoms with Crippen LogP contribution in [0.5, 0.6) is 0 Å². The highest BCUT2D eigenvalue weighted by atomic mass is 35.5. The van der Waals surface area contributed by atoms with Crippen LogP contribution in [0.2, 0.25) is 5.02 Å². The van der Waals surface area contributed by atoms with Crippen molar-refractivity contribution < 1.29 is 17.9 Å². The number of ether oxygens (including phenoxy) is 1. The first-order valence-corrected chi connectivity index (χ1v) is 13.6. The number of amides is 1. The van der Waals surface area contributed by atoms with Gasteiger partial charge in [-0.15, -0.1) is 22.7 Å². The van der Waals surface area contributed by atoms with E-state index >= 15 is 0 Å². The molecular weight excluding hydrogens is 502 g/mol. The highest BCUT2D eigenvalue weighted by Gasteiger charge is 2.26. The number of hydrogen-bond acceptors (Lipinski definition) is 7. The topological polar surface area (TPSA) is 88.6 Å². The zero-order chi connectivity index (χ0) is 23.0. The Balaban J connectivity index is 1.32. The van der Waals surface area contributed by atoms with E-state index in [-0.39, 0.29) is 10.8 Å². The summed E-state index contributed by atoms with van der Waals surface area (Å²) in [5.41, 5.74) is 1.40. The van der Waals surface area contributed by atoms with Crippen molar-refractivity contribution in [2.75, 3.05) is 31.6 Å². The number of fused-ring (bicyclic) bond motifs is 1. The van der Waals surface area contributed by atoms with E-state index in [0.29, 0.717) is 47.0 Å². The highest BCUT2D eigenvalue weighted by Crippen LogP contribution is 2.36. The quantitative estimate of drug-likeness (QED) is 0.403. The van der Waals surface area contributed by atoms with E-state index in [9.17, 15) is 13.2 Å². The fraction of sp³-hybridized carbons (Fsp3) is 0.182. The summed E-state index contributed by atoms with van der Waals surface area (Å²) in [4.78, 5) is 17.9. The van der Waals surface area contributed by atoms with Crippen molar-refractivity contribution in [1.29, 1.82) is 0 Å². The number of rotatable bonds is 5. The Bertz CT molecular complexity index is 1420. The monoisotopic (exact) mass is 519 g/mol. The van der Waals surface area contributed by atoms with Gasteiger partial charge in [0.05, 0.1) is 28.8 Å². The van der Waals surface area contributed by atoms with Crippen LogP contribution in [0.1, 0.15) is 9.67 Å². The molecule has 3 heterocycles. The molecule has 0 atom stereocenters. The summed E-state index contributed by atoms with van der Waals surface area (Å²) >= 11 is 9.02. The Morgan fingerprint density at radius 1 is 1.09 bits per heavy atom. The maximum Gasteiger partial charge on any atom is 0.269 e. The molecular formula is C22H18ClN3O4S3. The molecule has 0 radical (unpaired) electrons. The first kappa shape index (κ1) is 22.5. The van der Waals surface area contributed by atoms with Crippen LogP contribution in [0.4, 0.5) is 5.13 Å². The number of nitrogens with one attached hydrogen (secondary N) is 1. The molecule has 0 aliphatic carbocycles. The summed E-state index contributed by atoms with van der Waals surface area (Å²) in [6.07, 6.45) is 0. The summed E-state index contributed by atoms with van der Waals surface area (Å²) < 4.78 is 33.2. The Morgan fingerprint density at radius 2 is 1.82 bits per heavy atom. The zero-order valence-corrected chi connectivity index (χ0v) is 20.4. The van der Waals surface area contributed by atoms with Crippen molar-refractivity contribution in [3.63, 3.8) is 0 Å². The molecule has 0 bridgehead atoms. The van der Waals surface area contributed by atoms with E-state index in [1.807, 2.05) is 29.6 Å². The average molecular weight is 520 g/mol. The molecule has 1 aliphatic rings. The molecule has 170 valence electrons. The smallest absolute Gasteiger partial charge is 0.269 e. The second-order valence-electron chi connectivity index (χ2n) is 7.27. The molecule has 7 nitrogen and oxygen atoms in total. The lowest BCUT2D eigenvalue weighted by Gasteiger charge is -2.26. The van der Waals surface area contributed by atoms with Crippen molar-refractivity contribution in [3.8, 4) is 11.3 Å². The number of aromatic nitrogens is 1. The number of hydrogen-bond donors (Lipinski definition) is 1. The van der Waals surface area contributed by atoms with Gasteiger partial charge < -0.3 is 4.74 Å². The number of thiophene rings is 1. The average Bonchev–Trinajstić information content (AvgIpc) is 3.44. The van der Waals surface area contributed by atoms with Gasteiger partial charge in [-0.1, -0.05) is 41.9 Å². The molecule has 0 saturated carbocycles. The third kappa shape index (κ3) is 4.42. The van der Waals surface area contributed by atoms with Crippen LogP contribution >= 0.6 is 34.3 Å². The van der Waals surface area contributed by atoms with Gasteiger partial charge >= 0.3 is 0 Å². The first-order chi connectivity index (χ1) is 15.9. The summed E-state index contributed by atoms with van der Waals surface area (Å²) in [5.74, 6) is -0.311. The van der Waals surface area contributed by atoms with E-state index in [1.54, 1.807) is 24.3 Å². The lowest BCUT2D eigenvalue weighted by Crippen LogP contribution is -2.40. The number of halogens is 1. The van der Waals surface area contributed by atoms with Crippen molar-refractivity contribution in [1.82, 2.24) is 9.29 Å². The van der Waals surface area contributed by atoms with Crippen molar-refractivity contribution >= 4 is 65.4 Å². The molecule has 1 aliphatic heterocycles. The standard InChI is InChI=1S/C22H18ClN3O4S3/c23-19-16-3-1-2-4-18(16)32-20(19)21(27)25-22-24-17(13-31-22)14-5-7-15(8-6-14)33(28,29)26-9-11-30-12-10-26/h1-8,13H,9-12H2,(H,24,25,27). The van der Waals surface area contributed by atoms with Gasteiger partial charge in [-0.05, 0) is 18.2 Å². The molecule has 1 amide bonds. The molecule has 5 rings (SSSR count). The second kappa shape index (κ2) is 9.13. The fourth-order valence-corrected chi connectivity index (χ4v) is 7.05. The number of sulfonamides is 1. The number of carbonyl (C=O) groups excluding carboxylic acids is 1. The molecule has 2 aromatic heterocycles. The number of benzene rings is 2. The Morgan fingerprint density at radius 3 is 2.55 bits per heavy atom. The minimum Gasteiger partial charge on any atom is -0.379 e. The number of morpholine rings is 1. The molecule has 2 aromatic carbocycles. The summed E-state index contributed by atoms with van der Waals surface area (Å²) in [6.45, 7) is 1.50. The van der Waals surface area contributed by atoms with Gasteiger partial charge in [-0.2, -0.15) is 4.31 Å². The molecule has 1 N–H and O–H groups in total. The summed E-state index contributed by atoms with van der Waals surface area (Å²) in [5, 5.41) is 6.34. The maximum absolute atomic E-state index is 12.8. The minimum absolute atomic E-state index is 0.233. The van der Waals surface area contributed by atoms with Gasteiger partial charge in [0.2, 0.25) is 10.0 Å². The Hall–Kier alpha value is -2.34. The Kier molecular flexibility index (Phi) is 6.21. The van der Waals surface area contributed by atoms with E-state index < -0.39 is 10.0 Å². The number of anilines is 1. The molecule has 33 heavy (non-hydrogen) atoms. The summed E-state index contributed by atoms with van der Waals surface area (Å²) in [6, 6.07) is 14.2. The Labute approximate surface area is 203 Å². The fourth-order valence-electron chi connectivity index (χ4n) is 3.51. The highest BCUT2D eigenvalue weighted by molar-refractivity contribution is 7.89. The number of thiazole rings is 1. The van der Waals surface area contributed by atoms with Crippen LogP contribution < -0.4 is 5.32 Å². The number of carbonyl (C=O) groups is 1. The maximum atomic E-state index is 12.8. The molecule has 1 saturated heterocycles.